The number of nitrogens with zero attached hydrogens (tertiary/aromatic N) is 1. The Morgan fingerprint density at radius 2 is 2.00 bits per heavy atom. The van der Waals surface area contributed by atoms with Crippen molar-refractivity contribution in [3.05, 3.63) is 57.7 Å². The lowest BCUT2D eigenvalue weighted by molar-refractivity contribution is 1.00. The first-order valence-corrected chi connectivity index (χ1v) is 6.52. The predicted molar refractivity (Wildman–Crippen MR) is 77.6 cm³/mol. The van der Waals surface area contributed by atoms with Crippen molar-refractivity contribution in [3.63, 3.8) is 0 Å². The standard InChI is InChI=1S/C14H14Cl2N2/c1-10-3-2-4-14(18-10)17-8-7-11-5-6-12(15)9-13(11)16/h2-6,9H,7-8H2,1H3,(H,17,18). The fourth-order valence-corrected chi connectivity index (χ4v) is 2.19. The van der Waals surface area contributed by atoms with Gasteiger partial charge in [-0.25, -0.2) is 4.98 Å². The van der Waals surface area contributed by atoms with Gasteiger partial charge in [0.25, 0.3) is 0 Å². The van der Waals surface area contributed by atoms with Crippen LogP contribution >= 0.6 is 23.2 Å². The van der Waals surface area contributed by atoms with Gasteiger partial charge in [0.15, 0.2) is 0 Å². The average Bonchev–Trinajstić information content (AvgIpc) is 2.32. The average molecular weight is 281 g/mol. The first-order valence-electron chi connectivity index (χ1n) is 5.76. The second-order valence-corrected chi connectivity index (χ2v) is 4.92. The summed E-state index contributed by atoms with van der Waals surface area (Å²) in [5.74, 6) is 0.889. The first-order chi connectivity index (χ1) is 8.65. The van der Waals surface area contributed by atoms with E-state index in [0.29, 0.717) is 10.0 Å². The number of anilines is 1. The first kappa shape index (κ1) is 13.2. The van der Waals surface area contributed by atoms with Crippen molar-refractivity contribution in [1.82, 2.24) is 4.98 Å². The number of aromatic nitrogens is 1. The van der Waals surface area contributed by atoms with E-state index in [1.54, 1.807) is 6.07 Å². The molecule has 1 heterocycles. The molecule has 1 aromatic heterocycles. The minimum atomic E-state index is 0.664. The van der Waals surface area contributed by atoms with Gasteiger partial charge in [0.2, 0.25) is 0 Å². The molecule has 0 aliphatic rings. The van der Waals surface area contributed by atoms with Gasteiger partial charge in [-0.2, -0.15) is 0 Å². The van der Waals surface area contributed by atoms with Gasteiger partial charge in [-0.3, -0.25) is 0 Å². The molecule has 0 saturated carbocycles. The van der Waals surface area contributed by atoms with Crippen LogP contribution in [0.4, 0.5) is 5.82 Å². The van der Waals surface area contributed by atoms with Crippen LogP contribution in [0.5, 0.6) is 0 Å². The molecule has 94 valence electrons. The van der Waals surface area contributed by atoms with E-state index in [1.807, 2.05) is 37.3 Å². The number of rotatable bonds is 4. The third-order valence-corrected chi connectivity index (χ3v) is 3.19. The van der Waals surface area contributed by atoms with Crippen molar-refractivity contribution >= 4 is 29.0 Å². The maximum Gasteiger partial charge on any atom is 0.126 e. The van der Waals surface area contributed by atoms with Gasteiger partial charge >= 0.3 is 0 Å². The molecular weight excluding hydrogens is 267 g/mol. The molecule has 0 atom stereocenters. The van der Waals surface area contributed by atoms with Gasteiger partial charge in [-0.15, -0.1) is 0 Å². The minimum Gasteiger partial charge on any atom is -0.370 e. The molecule has 0 radical (unpaired) electrons. The number of hydrogen-bond acceptors (Lipinski definition) is 2. The third kappa shape index (κ3) is 3.62. The van der Waals surface area contributed by atoms with E-state index in [4.69, 9.17) is 23.2 Å². The maximum atomic E-state index is 6.11. The molecular formula is C14H14Cl2N2. The smallest absolute Gasteiger partial charge is 0.126 e. The van der Waals surface area contributed by atoms with Gasteiger partial charge in [0.1, 0.15) is 5.82 Å². The van der Waals surface area contributed by atoms with Crippen LogP contribution in [0.1, 0.15) is 11.3 Å². The van der Waals surface area contributed by atoms with Gasteiger partial charge in [0.05, 0.1) is 0 Å². The van der Waals surface area contributed by atoms with Crippen LogP contribution in [-0.4, -0.2) is 11.5 Å². The topological polar surface area (TPSA) is 24.9 Å². The third-order valence-electron chi connectivity index (χ3n) is 2.60. The molecule has 0 unspecified atom stereocenters. The van der Waals surface area contributed by atoms with Crippen molar-refractivity contribution in [2.45, 2.75) is 13.3 Å². The molecule has 2 nitrogen and oxygen atoms in total. The van der Waals surface area contributed by atoms with Crippen LogP contribution in [0.15, 0.2) is 36.4 Å². The van der Waals surface area contributed by atoms with Crippen molar-refractivity contribution < 1.29 is 0 Å². The van der Waals surface area contributed by atoms with Crippen LogP contribution in [0.2, 0.25) is 10.0 Å². The summed E-state index contributed by atoms with van der Waals surface area (Å²) in [5.41, 5.74) is 2.09. The van der Waals surface area contributed by atoms with E-state index in [0.717, 1.165) is 30.0 Å². The zero-order chi connectivity index (χ0) is 13.0. The number of nitrogens with one attached hydrogen (secondary N) is 1. The van der Waals surface area contributed by atoms with Gasteiger partial charge < -0.3 is 5.32 Å². The Hall–Kier alpha value is -1.25. The Bertz CT molecular complexity index is 541. The molecule has 0 aliphatic carbocycles. The van der Waals surface area contributed by atoms with E-state index in [1.165, 1.54) is 0 Å². The Labute approximate surface area is 117 Å². The molecule has 0 saturated heterocycles. The van der Waals surface area contributed by atoms with E-state index in [2.05, 4.69) is 10.3 Å². The van der Waals surface area contributed by atoms with E-state index >= 15 is 0 Å². The van der Waals surface area contributed by atoms with Crippen LogP contribution in [0, 0.1) is 6.92 Å². The van der Waals surface area contributed by atoms with Gasteiger partial charge in [-0.1, -0.05) is 35.3 Å². The SMILES string of the molecule is Cc1cccc(NCCc2ccc(Cl)cc2Cl)n1. The van der Waals surface area contributed by atoms with Crippen LogP contribution in [0.25, 0.3) is 0 Å². The second kappa shape index (κ2) is 6.07. The summed E-state index contributed by atoms with van der Waals surface area (Å²) in [4.78, 5) is 4.38. The fraction of sp³-hybridized carbons (Fsp3) is 0.214. The zero-order valence-electron chi connectivity index (χ0n) is 10.1. The van der Waals surface area contributed by atoms with Crippen molar-refractivity contribution in [2.75, 3.05) is 11.9 Å². The largest absolute Gasteiger partial charge is 0.370 e. The lowest BCUT2D eigenvalue weighted by Crippen LogP contribution is -2.06. The highest BCUT2D eigenvalue weighted by Crippen LogP contribution is 2.21. The predicted octanol–water partition coefficient (Wildman–Crippen LogP) is 4.35. The molecule has 1 aromatic carbocycles. The van der Waals surface area contributed by atoms with Crippen molar-refractivity contribution in [2.24, 2.45) is 0 Å². The molecule has 0 bridgehead atoms. The molecule has 2 aromatic rings. The molecule has 0 aliphatic heterocycles. The monoisotopic (exact) mass is 280 g/mol. The summed E-state index contributed by atoms with van der Waals surface area (Å²) >= 11 is 12.0. The zero-order valence-corrected chi connectivity index (χ0v) is 11.6. The van der Waals surface area contributed by atoms with Gasteiger partial charge in [0, 0.05) is 22.3 Å². The maximum absolute atomic E-state index is 6.11. The van der Waals surface area contributed by atoms with E-state index in [-0.39, 0.29) is 0 Å². The molecule has 18 heavy (non-hydrogen) atoms. The van der Waals surface area contributed by atoms with Crippen molar-refractivity contribution in [3.8, 4) is 0 Å². The number of aryl methyl sites for hydroxylation is 1. The molecule has 4 heteroatoms. The highest BCUT2D eigenvalue weighted by Gasteiger charge is 2.01. The molecule has 0 fully saturated rings. The highest BCUT2D eigenvalue weighted by molar-refractivity contribution is 6.35. The second-order valence-electron chi connectivity index (χ2n) is 4.08. The van der Waals surface area contributed by atoms with Crippen LogP contribution in [-0.2, 0) is 6.42 Å². The number of pyridine rings is 1. The molecule has 0 spiro atoms. The molecule has 1 N–H and O–H groups in total. The van der Waals surface area contributed by atoms with Gasteiger partial charge in [-0.05, 0) is 43.2 Å². The normalized spacial score (nSPS) is 10.4. The number of benzene rings is 1. The Morgan fingerprint density at radius 3 is 2.72 bits per heavy atom. The van der Waals surface area contributed by atoms with Crippen LogP contribution < -0.4 is 5.32 Å². The van der Waals surface area contributed by atoms with E-state index in [9.17, 15) is 0 Å². The Balaban J connectivity index is 1.92. The number of hydrogen-bond donors (Lipinski definition) is 1. The lowest BCUT2D eigenvalue weighted by atomic mass is 10.1. The van der Waals surface area contributed by atoms with Crippen molar-refractivity contribution in [1.29, 1.82) is 0 Å². The lowest BCUT2D eigenvalue weighted by Gasteiger charge is -2.07. The summed E-state index contributed by atoms with van der Waals surface area (Å²) < 4.78 is 0. The van der Waals surface area contributed by atoms with E-state index < -0.39 is 0 Å². The number of halogens is 2. The minimum absolute atomic E-state index is 0.664. The summed E-state index contributed by atoms with van der Waals surface area (Å²) in [6.45, 7) is 2.76. The Kier molecular flexibility index (Phi) is 4.45. The molecule has 2 rings (SSSR count). The summed E-state index contributed by atoms with van der Waals surface area (Å²) in [5, 5.41) is 4.65. The van der Waals surface area contributed by atoms with Crippen LogP contribution in [0.3, 0.4) is 0 Å². The molecule has 0 amide bonds. The summed E-state index contributed by atoms with van der Waals surface area (Å²) in [6, 6.07) is 11.5. The fourth-order valence-electron chi connectivity index (χ4n) is 1.69. The summed E-state index contributed by atoms with van der Waals surface area (Å²) in [6.07, 6.45) is 0.839. The highest BCUT2D eigenvalue weighted by atomic mass is 35.5. The quantitative estimate of drug-likeness (QED) is 0.901. The summed E-state index contributed by atoms with van der Waals surface area (Å²) in [7, 11) is 0. The Morgan fingerprint density at radius 1 is 1.17 bits per heavy atom.